The van der Waals surface area contributed by atoms with Gasteiger partial charge in [0.2, 0.25) is 15.9 Å². The van der Waals surface area contributed by atoms with E-state index >= 15 is 0 Å². The highest BCUT2D eigenvalue weighted by molar-refractivity contribution is 7.89. The van der Waals surface area contributed by atoms with Gasteiger partial charge in [-0.25, -0.2) is 13.1 Å². The maximum absolute atomic E-state index is 13.2. The van der Waals surface area contributed by atoms with Gasteiger partial charge >= 0.3 is 0 Å². The minimum Gasteiger partial charge on any atom is -0.325 e. The van der Waals surface area contributed by atoms with Gasteiger partial charge in [0.1, 0.15) is 5.92 Å². The fraction of sp³-hybridized carbons (Fsp3) is 0.161. The van der Waals surface area contributed by atoms with Gasteiger partial charge in [-0.2, -0.15) is 0 Å². The van der Waals surface area contributed by atoms with E-state index in [1.165, 1.54) is 0 Å². The molecular formula is C31H29ClN4O3S. The summed E-state index contributed by atoms with van der Waals surface area (Å²) >= 11 is 6.18. The van der Waals surface area contributed by atoms with Crippen molar-refractivity contribution < 1.29 is 13.2 Å². The molecule has 0 aromatic heterocycles. The number of carbonyl (C=O) groups is 1. The number of hydrogen-bond donors (Lipinski definition) is 2. The van der Waals surface area contributed by atoms with Crippen LogP contribution in [0, 0.1) is 0 Å². The van der Waals surface area contributed by atoms with E-state index in [-0.39, 0.29) is 17.3 Å². The Kier molecular flexibility index (Phi) is 8.14. The number of halogens is 1. The van der Waals surface area contributed by atoms with Crippen molar-refractivity contribution in [1.82, 2.24) is 9.62 Å². The van der Waals surface area contributed by atoms with Crippen LogP contribution in [0.5, 0.6) is 0 Å². The van der Waals surface area contributed by atoms with Crippen LogP contribution < -0.4 is 10.0 Å². The Morgan fingerprint density at radius 3 is 2.27 bits per heavy atom. The highest BCUT2D eigenvalue weighted by Crippen LogP contribution is 2.37. The summed E-state index contributed by atoms with van der Waals surface area (Å²) in [7, 11) is 0.399. The molecule has 9 heteroatoms. The third-order valence-corrected chi connectivity index (χ3v) is 8.23. The SMILES string of the molecule is CN(C)Cc1ccc(N=C(c2ccc(CNS(=O)(=O)c3ccccc3)cc2)C2C(=O)Nc3cc(Cl)ccc32)cc1. The second kappa shape index (κ2) is 11.7. The summed E-state index contributed by atoms with van der Waals surface area (Å²) in [6, 6.07) is 29.0. The quantitative estimate of drug-likeness (QED) is 0.250. The number of anilines is 1. The molecule has 1 amide bonds. The normalized spacial score (nSPS) is 15.2. The molecule has 0 radical (unpaired) electrons. The largest absolute Gasteiger partial charge is 0.325 e. The minimum atomic E-state index is -3.63. The van der Waals surface area contributed by atoms with E-state index in [4.69, 9.17) is 16.6 Å². The van der Waals surface area contributed by atoms with Crippen LogP contribution in [0.2, 0.25) is 5.02 Å². The first-order chi connectivity index (χ1) is 19.2. The van der Waals surface area contributed by atoms with Crippen LogP contribution in [0.25, 0.3) is 0 Å². The van der Waals surface area contributed by atoms with Crippen molar-refractivity contribution in [2.75, 3.05) is 19.4 Å². The van der Waals surface area contributed by atoms with Crippen molar-refractivity contribution in [2.45, 2.75) is 23.9 Å². The van der Waals surface area contributed by atoms with Crippen LogP contribution in [-0.4, -0.2) is 39.0 Å². The lowest BCUT2D eigenvalue weighted by Crippen LogP contribution is -2.23. The van der Waals surface area contributed by atoms with E-state index in [9.17, 15) is 13.2 Å². The maximum atomic E-state index is 13.2. The van der Waals surface area contributed by atoms with Crippen LogP contribution in [0.4, 0.5) is 11.4 Å². The van der Waals surface area contributed by atoms with Crippen LogP contribution in [0.1, 0.15) is 28.2 Å². The number of amides is 1. The third-order valence-electron chi connectivity index (χ3n) is 6.57. The van der Waals surface area contributed by atoms with Crippen molar-refractivity contribution in [3.8, 4) is 0 Å². The average Bonchev–Trinajstić information content (AvgIpc) is 3.26. The Balaban J connectivity index is 1.46. The summed E-state index contributed by atoms with van der Waals surface area (Å²) in [6.07, 6.45) is 0. The fourth-order valence-electron chi connectivity index (χ4n) is 4.64. The smallest absolute Gasteiger partial charge is 0.240 e. The molecule has 0 spiro atoms. The van der Waals surface area contributed by atoms with Gasteiger partial charge < -0.3 is 10.2 Å². The van der Waals surface area contributed by atoms with E-state index in [2.05, 4.69) is 14.9 Å². The van der Waals surface area contributed by atoms with Gasteiger partial charge in [-0.1, -0.05) is 72.3 Å². The molecule has 1 unspecified atom stereocenters. The Morgan fingerprint density at radius 1 is 0.925 bits per heavy atom. The molecule has 0 fully saturated rings. The van der Waals surface area contributed by atoms with Gasteiger partial charge in [0.05, 0.1) is 16.3 Å². The first-order valence-corrected chi connectivity index (χ1v) is 14.6. The standard InChI is InChI=1S/C31H29ClN4O3S/c1-36(2)20-22-10-15-25(16-11-22)34-30(29-27-17-14-24(32)18-28(27)35-31(29)37)23-12-8-21(9-13-23)19-33-40(38,39)26-6-4-3-5-7-26/h3-18,29,33H,19-20H2,1-2H3,(H,35,37). The molecule has 0 saturated heterocycles. The molecule has 2 N–H and O–H groups in total. The number of carbonyl (C=O) groups excluding carboxylic acids is 1. The second-order valence-electron chi connectivity index (χ2n) is 9.89. The van der Waals surface area contributed by atoms with E-state index in [1.54, 1.807) is 42.5 Å². The molecule has 1 atom stereocenters. The van der Waals surface area contributed by atoms with Crippen molar-refractivity contribution in [3.05, 3.63) is 124 Å². The molecule has 4 aromatic rings. The number of nitrogens with one attached hydrogen (secondary N) is 2. The molecule has 1 aliphatic rings. The van der Waals surface area contributed by atoms with Gasteiger partial charge in [-0.3, -0.25) is 9.79 Å². The number of nitrogens with zero attached hydrogens (tertiary/aromatic N) is 2. The number of fused-ring (bicyclic) bond motifs is 1. The molecule has 4 aromatic carbocycles. The summed E-state index contributed by atoms with van der Waals surface area (Å²) in [4.78, 5) is 20.5. The molecule has 0 aliphatic carbocycles. The van der Waals surface area contributed by atoms with Crippen molar-refractivity contribution in [2.24, 2.45) is 4.99 Å². The van der Waals surface area contributed by atoms with E-state index in [1.807, 2.05) is 68.7 Å². The minimum absolute atomic E-state index is 0.128. The summed E-state index contributed by atoms with van der Waals surface area (Å²) in [5, 5.41) is 3.47. The van der Waals surface area contributed by atoms with Crippen LogP contribution in [-0.2, 0) is 27.9 Å². The predicted octanol–water partition coefficient (Wildman–Crippen LogP) is 5.74. The predicted molar refractivity (Wildman–Crippen MR) is 160 cm³/mol. The highest BCUT2D eigenvalue weighted by Gasteiger charge is 2.35. The fourth-order valence-corrected chi connectivity index (χ4v) is 5.85. The third kappa shape index (κ3) is 6.32. The zero-order valence-electron chi connectivity index (χ0n) is 22.1. The highest BCUT2D eigenvalue weighted by atomic mass is 35.5. The monoisotopic (exact) mass is 572 g/mol. The first kappa shape index (κ1) is 27.7. The lowest BCUT2D eigenvalue weighted by Gasteiger charge is -2.15. The summed E-state index contributed by atoms with van der Waals surface area (Å²) < 4.78 is 27.9. The Hall–Kier alpha value is -3.82. The lowest BCUT2D eigenvalue weighted by atomic mass is 9.90. The number of hydrogen-bond acceptors (Lipinski definition) is 5. The molecule has 7 nitrogen and oxygen atoms in total. The second-order valence-corrected chi connectivity index (χ2v) is 12.1. The Morgan fingerprint density at radius 2 is 1.60 bits per heavy atom. The zero-order valence-corrected chi connectivity index (χ0v) is 23.7. The molecule has 40 heavy (non-hydrogen) atoms. The lowest BCUT2D eigenvalue weighted by molar-refractivity contribution is -0.115. The summed E-state index contributed by atoms with van der Waals surface area (Å²) in [5.41, 5.74) is 5.49. The van der Waals surface area contributed by atoms with Crippen LogP contribution in [0.15, 0.2) is 107 Å². The van der Waals surface area contributed by atoms with E-state index in [0.29, 0.717) is 16.4 Å². The number of benzene rings is 4. The molecule has 1 heterocycles. The van der Waals surface area contributed by atoms with Gasteiger partial charge in [0.15, 0.2) is 0 Å². The Bertz CT molecular complexity index is 1650. The van der Waals surface area contributed by atoms with Gasteiger partial charge in [-0.05, 0) is 72.7 Å². The molecular weight excluding hydrogens is 544 g/mol. The molecule has 1 aliphatic heterocycles. The van der Waals surface area contributed by atoms with Crippen LogP contribution in [0.3, 0.4) is 0 Å². The van der Waals surface area contributed by atoms with Gasteiger partial charge in [-0.15, -0.1) is 0 Å². The maximum Gasteiger partial charge on any atom is 0.240 e. The van der Waals surface area contributed by atoms with E-state index in [0.717, 1.165) is 34.5 Å². The van der Waals surface area contributed by atoms with Crippen LogP contribution >= 0.6 is 11.6 Å². The van der Waals surface area contributed by atoms with Gasteiger partial charge in [0, 0.05) is 23.8 Å². The molecule has 0 bridgehead atoms. The molecule has 5 rings (SSSR count). The molecule has 0 saturated carbocycles. The average molecular weight is 573 g/mol. The van der Waals surface area contributed by atoms with E-state index < -0.39 is 15.9 Å². The number of sulfonamides is 1. The summed E-state index contributed by atoms with van der Waals surface area (Å²) in [5.74, 6) is -0.809. The topological polar surface area (TPSA) is 90.9 Å². The van der Waals surface area contributed by atoms with Gasteiger partial charge in [0.25, 0.3) is 0 Å². The van der Waals surface area contributed by atoms with Crippen molar-refractivity contribution in [1.29, 1.82) is 0 Å². The molecule has 204 valence electrons. The van der Waals surface area contributed by atoms with Crippen molar-refractivity contribution >= 4 is 44.6 Å². The van der Waals surface area contributed by atoms with Crippen molar-refractivity contribution in [3.63, 3.8) is 0 Å². The number of aliphatic imine (C=N–C) groups is 1. The number of rotatable bonds is 9. The Labute approximate surface area is 239 Å². The summed E-state index contributed by atoms with van der Waals surface area (Å²) in [6.45, 7) is 0.939. The zero-order chi connectivity index (χ0) is 28.3. The first-order valence-electron chi connectivity index (χ1n) is 12.8.